The number of fused-ring (bicyclic) bond motifs is 1. The van der Waals surface area contributed by atoms with E-state index in [1.165, 1.54) is 11.3 Å². The zero-order valence-electron chi connectivity index (χ0n) is 18.3. The highest BCUT2D eigenvalue weighted by Gasteiger charge is 2.31. The molecule has 2 aromatic rings. The summed E-state index contributed by atoms with van der Waals surface area (Å²) in [6.07, 6.45) is 5.70. The summed E-state index contributed by atoms with van der Waals surface area (Å²) in [6.45, 7) is 7.07. The van der Waals surface area contributed by atoms with Crippen molar-refractivity contribution in [2.24, 2.45) is 0 Å². The Kier molecular flexibility index (Phi) is 7.35. The molecular weight excluding hydrogens is 408 g/mol. The third kappa shape index (κ3) is 5.15. The minimum absolute atomic E-state index is 0.0956. The molecule has 1 fully saturated rings. The number of thioether (sulfide) groups is 1. The van der Waals surface area contributed by atoms with Gasteiger partial charge in [0.15, 0.2) is 5.69 Å². The fourth-order valence-electron chi connectivity index (χ4n) is 4.44. The molecule has 0 radical (unpaired) electrons. The molecule has 2 heterocycles. The molecule has 1 amide bonds. The Bertz CT molecular complexity index is 903. The van der Waals surface area contributed by atoms with Crippen molar-refractivity contribution in [2.45, 2.75) is 38.3 Å². The van der Waals surface area contributed by atoms with Crippen molar-refractivity contribution in [1.82, 2.24) is 20.0 Å². The fraction of sp³-hybridized carbons (Fsp3) is 0.500. The number of nitrogens with zero attached hydrogens (tertiary/aromatic N) is 3. The number of rotatable bonds is 8. The van der Waals surface area contributed by atoms with E-state index in [4.69, 9.17) is 9.84 Å². The van der Waals surface area contributed by atoms with Crippen molar-refractivity contribution in [3.05, 3.63) is 59.4 Å². The number of hydrogen-bond acceptors (Lipinski definition) is 5. The van der Waals surface area contributed by atoms with Gasteiger partial charge in [0.2, 0.25) is 0 Å². The summed E-state index contributed by atoms with van der Waals surface area (Å²) in [5.41, 5.74) is 4.30. The van der Waals surface area contributed by atoms with Crippen molar-refractivity contribution in [2.75, 3.05) is 38.2 Å². The van der Waals surface area contributed by atoms with E-state index in [0.29, 0.717) is 18.3 Å². The molecular formula is C24H32N4O2S. The van der Waals surface area contributed by atoms with Crippen molar-refractivity contribution < 1.29 is 9.53 Å². The molecule has 7 heteroatoms. The quantitative estimate of drug-likeness (QED) is 0.640. The van der Waals surface area contributed by atoms with Crippen LogP contribution >= 0.6 is 11.8 Å². The second-order valence-corrected chi connectivity index (χ2v) is 9.37. The van der Waals surface area contributed by atoms with E-state index in [1.807, 2.05) is 39.6 Å². The maximum absolute atomic E-state index is 13.2. The Morgan fingerprint density at radius 2 is 2.10 bits per heavy atom. The van der Waals surface area contributed by atoms with Crippen LogP contribution < -0.4 is 10.1 Å². The van der Waals surface area contributed by atoms with Crippen LogP contribution in [0.4, 0.5) is 0 Å². The highest BCUT2D eigenvalue weighted by molar-refractivity contribution is 7.99. The van der Waals surface area contributed by atoms with Gasteiger partial charge in [0, 0.05) is 41.9 Å². The molecule has 0 saturated carbocycles. The summed E-state index contributed by atoms with van der Waals surface area (Å²) in [5.74, 6) is 3.00. The van der Waals surface area contributed by atoms with Crippen LogP contribution in [0.2, 0.25) is 0 Å². The van der Waals surface area contributed by atoms with E-state index < -0.39 is 0 Å². The van der Waals surface area contributed by atoms with Crippen LogP contribution in [0.15, 0.2) is 36.9 Å². The highest BCUT2D eigenvalue weighted by Crippen LogP contribution is 2.27. The maximum Gasteiger partial charge on any atom is 0.274 e. The highest BCUT2D eigenvalue weighted by atomic mass is 32.2. The van der Waals surface area contributed by atoms with Gasteiger partial charge in [-0.2, -0.15) is 16.9 Å². The number of ether oxygens (including phenoxy) is 1. The maximum atomic E-state index is 13.2. The molecule has 2 aliphatic rings. The summed E-state index contributed by atoms with van der Waals surface area (Å²) < 4.78 is 7.22. The normalized spacial score (nSPS) is 18.5. The van der Waals surface area contributed by atoms with Crippen LogP contribution in [0.25, 0.3) is 0 Å². The van der Waals surface area contributed by atoms with Gasteiger partial charge in [0.05, 0.1) is 13.7 Å². The lowest BCUT2D eigenvalue weighted by Gasteiger charge is -2.27. The molecule has 1 aromatic carbocycles. The van der Waals surface area contributed by atoms with Crippen LogP contribution in [0.5, 0.6) is 5.75 Å². The molecule has 0 unspecified atom stereocenters. The Morgan fingerprint density at radius 1 is 1.32 bits per heavy atom. The first-order chi connectivity index (χ1) is 15.2. The molecule has 1 saturated heterocycles. The number of allylic oxidation sites excluding steroid dienone is 1. The first-order valence-electron chi connectivity index (χ1n) is 11.1. The van der Waals surface area contributed by atoms with Gasteiger partial charge in [-0.15, -0.1) is 6.58 Å². The number of methoxy groups -OCH3 is 1. The molecule has 31 heavy (non-hydrogen) atoms. The molecule has 1 aliphatic heterocycles. The number of aromatic nitrogens is 2. The van der Waals surface area contributed by atoms with Crippen molar-refractivity contribution in [3.63, 3.8) is 0 Å². The summed E-state index contributed by atoms with van der Waals surface area (Å²) in [4.78, 5) is 15.2. The summed E-state index contributed by atoms with van der Waals surface area (Å²) >= 11 is 1.91. The number of nitrogens with one attached hydrogen (secondary N) is 1. The molecule has 1 aliphatic carbocycles. The van der Waals surface area contributed by atoms with Crippen LogP contribution in [-0.4, -0.2) is 64.9 Å². The monoisotopic (exact) mass is 440 g/mol. The average Bonchev–Trinajstić information content (AvgIpc) is 3.17. The van der Waals surface area contributed by atoms with Crippen LogP contribution in [0, 0.1) is 0 Å². The second-order valence-electron chi connectivity index (χ2n) is 8.14. The minimum Gasteiger partial charge on any atom is -0.497 e. The Labute approximate surface area is 189 Å². The molecule has 0 bridgehead atoms. The van der Waals surface area contributed by atoms with Gasteiger partial charge in [-0.1, -0.05) is 18.2 Å². The number of amides is 1. The van der Waals surface area contributed by atoms with Crippen LogP contribution in [0.1, 0.15) is 33.7 Å². The number of benzene rings is 1. The second kappa shape index (κ2) is 10.4. The van der Waals surface area contributed by atoms with E-state index in [-0.39, 0.29) is 5.91 Å². The zero-order valence-corrected chi connectivity index (χ0v) is 19.1. The Balaban J connectivity index is 1.42. The molecule has 166 valence electrons. The third-order valence-electron chi connectivity index (χ3n) is 6.16. The third-order valence-corrected chi connectivity index (χ3v) is 7.10. The fourth-order valence-corrected chi connectivity index (χ4v) is 5.34. The van der Waals surface area contributed by atoms with Crippen molar-refractivity contribution >= 4 is 17.7 Å². The van der Waals surface area contributed by atoms with E-state index in [0.717, 1.165) is 68.1 Å². The Morgan fingerprint density at radius 3 is 2.81 bits per heavy atom. The smallest absolute Gasteiger partial charge is 0.274 e. The molecule has 6 nitrogen and oxygen atoms in total. The number of carbonyl (C=O) groups is 1. The van der Waals surface area contributed by atoms with E-state index >= 15 is 0 Å². The number of carbonyl (C=O) groups excluding carboxylic acids is 1. The predicted molar refractivity (Wildman–Crippen MR) is 126 cm³/mol. The molecule has 1 aromatic heterocycles. The van der Waals surface area contributed by atoms with Gasteiger partial charge in [-0.05, 0) is 49.9 Å². The van der Waals surface area contributed by atoms with E-state index in [1.54, 1.807) is 7.11 Å². The minimum atomic E-state index is 0.0956. The summed E-state index contributed by atoms with van der Waals surface area (Å²) in [6, 6.07) is 8.62. The first kappa shape index (κ1) is 22.0. The predicted octanol–water partition coefficient (Wildman–Crippen LogP) is 2.96. The molecule has 1 atom stereocenters. The van der Waals surface area contributed by atoms with Crippen LogP contribution in [0.3, 0.4) is 0 Å². The number of hydrogen-bond donors (Lipinski definition) is 1. The van der Waals surface area contributed by atoms with Gasteiger partial charge in [0.25, 0.3) is 5.91 Å². The Hall–Kier alpha value is -2.25. The largest absolute Gasteiger partial charge is 0.497 e. The van der Waals surface area contributed by atoms with Crippen molar-refractivity contribution in [1.29, 1.82) is 0 Å². The van der Waals surface area contributed by atoms with Gasteiger partial charge < -0.3 is 15.0 Å². The standard InChI is InChI=1S/C24H32N4O2S/c1-3-12-28-22-9-6-19(25-11-10-18-4-7-20(30-2)8-5-18)17-21(22)23(26-28)24(29)27-13-15-31-16-14-27/h3-5,7-8,19,25H,1,6,9-17H2,2H3/t19-/m0/s1. The summed E-state index contributed by atoms with van der Waals surface area (Å²) in [7, 11) is 1.69. The topological polar surface area (TPSA) is 59.4 Å². The lowest BCUT2D eigenvalue weighted by Crippen LogP contribution is -2.40. The van der Waals surface area contributed by atoms with Gasteiger partial charge in [-0.3, -0.25) is 9.48 Å². The van der Waals surface area contributed by atoms with E-state index in [9.17, 15) is 4.79 Å². The summed E-state index contributed by atoms with van der Waals surface area (Å²) in [5, 5.41) is 8.45. The van der Waals surface area contributed by atoms with Crippen molar-refractivity contribution in [3.8, 4) is 5.75 Å². The molecule has 1 N–H and O–H groups in total. The van der Waals surface area contributed by atoms with Gasteiger partial charge >= 0.3 is 0 Å². The lowest BCUT2D eigenvalue weighted by atomic mass is 9.91. The molecule has 0 spiro atoms. The van der Waals surface area contributed by atoms with Gasteiger partial charge in [-0.25, -0.2) is 0 Å². The SMILES string of the molecule is C=CCn1nc(C(=O)N2CCSCC2)c2c1CC[C@H](NCCc1ccc(OC)cc1)C2. The van der Waals surface area contributed by atoms with Gasteiger partial charge in [0.1, 0.15) is 5.75 Å². The zero-order chi connectivity index (χ0) is 21.6. The lowest BCUT2D eigenvalue weighted by molar-refractivity contribution is 0.0764. The average molecular weight is 441 g/mol. The van der Waals surface area contributed by atoms with Crippen LogP contribution in [-0.2, 0) is 25.8 Å². The molecule has 4 rings (SSSR count). The van der Waals surface area contributed by atoms with E-state index in [2.05, 4.69) is 24.0 Å². The first-order valence-corrected chi connectivity index (χ1v) is 12.3.